The number of H-pyrrole nitrogens is 1. The maximum atomic E-state index is 12.7. The van der Waals surface area contributed by atoms with Crippen LogP contribution in [0.15, 0.2) is 64.5 Å². The third-order valence-electron chi connectivity index (χ3n) is 3.48. The van der Waals surface area contributed by atoms with Crippen LogP contribution in [0, 0.1) is 0 Å². The van der Waals surface area contributed by atoms with Gasteiger partial charge in [0.25, 0.3) is 0 Å². The first kappa shape index (κ1) is 16.5. The van der Waals surface area contributed by atoms with E-state index in [1.165, 1.54) is 0 Å². The molecule has 3 aromatic rings. The molecule has 0 radical (unpaired) electrons. The summed E-state index contributed by atoms with van der Waals surface area (Å²) in [6.45, 7) is 0.571. The van der Waals surface area contributed by atoms with E-state index in [4.69, 9.17) is 5.73 Å². The molecule has 1 heterocycles. The van der Waals surface area contributed by atoms with Crippen LogP contribution >= 0.6 is 12.4 Å². The molecule has 6 heteroatoms. The fourth-order valence-corrected chi connectivity index (χ4v) is 3.87. The second-order valence-corrected chi connectivity index (χ2v) is 6.81. The first-order chi connectivity index (χ1) is 10.1. The molecule has 0 atom stereocenters. The molecule has 0 aliphatic rings. The van der Waals surface area contributed by atoms with Gasteiger partial charge in [0, 0.05) is 17.1 Å². The molecular weight excluding hydrogens is 320 g/mol. The highest BCUT2D eigenvalue weighted by molar-refractivity contribution is 7.91. The average Bonchev–Trinajstić information content (AvgIpc) is 2.92. The number of benzene rings is 2. The van der Waals surface area contributed by atoms with E-state index in [1.54, 1.807) is 36.5 Å². The lowest BCUT2D eigenvalue weighted by molar-refractivity contribution is 0.597. The molecule has 2 aromatic carbocycles. The summed E-state index contributed by atoms with van der Waals surface area (Å²) in [6, 6.07) is 14.2. The van der Waals surface area contributed by atoms with Gasteiger partial charge in [0.15, 0.2) is 0 Å². The topological polar surface area (TPSA) is 76.0 Å². The fraction of sp³-hybridized carbons (Fsp3) is 0.125. The van der Waals surface area contributed by atoms with Gasteiger partial charge in [-0.05, 0) is 36.7 Å². The normalized spacial score (nSPS) is 11.3. The predicted octanol–water partition coefficient (Wildman–Crippen LogP) is 2.92. The van der Waals surface area contributed by atoms with Crippen molar-refractivity contribution in [3.63, 3.8) is 0 Å². The van der Waals surface area contributed by atoms with Crippen molar-refractivity contribution >= 4 is 33.1 Å². The minimum atomic E-state index is -3.50. The van der Waals surface area contributed by atoms with Crippen molar-refractivity contribution in [3.05, 3.63) is 60.3 Å². The first-order valence-electron chi connectivity index (χ1n) is 6.73. The van der Waals surface area contributed by atoms with Crippen LogP contribution in [0.5, 0.6) is 0 Å². The second-order valence-electron chi connectivity index (χ2n) is 4.89. The van der Waals surface area contributed by atoms with E-state index in [-0.39, 0.29) is 12.4 Å². The monoisotopic (exact) mass is 336 g/mol. The van der Waals surface area contributed by atoms with Crippen molar-refractivity contribution in [2.24, 2.45) is 5.73 Å². The van der Waals surface area contributed by atoms with Crippen LogP contribution in [0.2, 0.25) is 0 Å². The van der Waals surface area contributed by atoms with E-state index in [0.29, 0.717) is 21.7 Å². The van der Waals surface area contributed by atoms with Gasteiger partial charge in [-0.2, -0.15) is 0 Å². The highest BCUT2D eigenvalue weighted by Crippen LogP contribution is 2.28. The number of nitrogens with one attached hydrogen (secondary N) is 1. The zero-order chi connectivity index (χ0) is 14.9. The third-order valence-corrected chi connectivity index (χ3v) is 5.29. The molecule has 0 fully saturated rings. The highest BCUT2D eigenvalue weighted by atomic mass is 35.5. The van der Waals surface area contributed by atoms with Crippen molar-refractivity contribution in [1.29, 1.82) is 0 Å². The molecule has 3 rings (SSSR count). The quantitative estimate of drug-likeness (QED) is 0.769. The van der Waals surface area contributed by atoms with E-state index in [1.807, 2.05) is 18.2 Å². The Morgan fingerprint density at radius 1 is 1.05 bits per heavy atom. The predicted molar refractivity (Wildman–Crippen MR) is 90.2 cm³/mol. The Labute approximate surface area is 135 Å². The summed E-state index contributed by atoms with van der Waals surface area (Å²) in [6.07, 6.45) is 2.33. The Morgan fingerprint density at radius 2 is 1.77 bits per heavy atom. The molecule has 0 aliphatic carbocycles. The zero-order valence-corrected chi connectivity index (χ0v) is 13.5. The number of nitrogens with two attached hydrogens (primary N) is 1. The van der Waals surface area contributed by atoms with Crippen molar-refractivity contribution in [1.82, 2.24) is 4.98 Å². The number of aromatic nitrogens is 1. The van der Waals surface area contributed by atoms with Crippen LogP contribution in [-0.2, 0) is 16.3 Å². The summed E-state index contributed by atoms with van der Waals surface area (Å²) in [4.78, 5) is 3.65. The lowest BCUT2D eigenvalue weighted by atomic mass is 10.1. The van der Waals surface area contributed by atoms with Crippen molar-refractivity contribution in [3.8, 4) is 0 Å². The van der Waals surface area contributed by atoms with Gasteiger partial charge >= 0.3 is 0 Å². The molecule has 0 amide bonds. The lowest BCUT2D eigenvalue weighted by Crippen LogP contribution is -2.02. The van der Waals surface area contributed by atoms with E-state index in [9.17, 15) is 8.42 Å². The van der Waals surface area contributed by atoms with Gasteiger partial charge < -0.3 is 10.7 Å². The molecule has 0 spiro atoms. The number of hydrogen-bond donors (Lipinski definition) is 2. The summed E-state index contributed by atoms with van der Waals surface area (Å²) in [7, 11) is -3.50. The Morgan fingerprint density at radius 3 is 2.45 bits per heavy atom. The molecule has 0 saturated heterocycles. The van der Waals surface area contributed by atoms with Gasteiger partial charge in [0.05, 0.1) is 9.79 Å². The SMILES string of the molecule is Cl.NCCc1ccc2c(S(=O)(=O)c3ccccc3)c[nH]c2c1. The molecule has 4 nitrogen and oxygen atoms in total. The maximum absolute atomic E-state index is 12.7. The van der Waals surface area contributed by atoms with Crippen LogP contribution in [0.25, 0.3) is 10.9 Å². The van der Waals surface area contributed by atoms with E-state index in [0.717, 1.165) is 17.5 Å². The Bertz CT molecular complexity index is 874. The zero-order valence-electron chi connectivity index (χ0n) is 11.8. The minimum absolute atomic E-state index is 0. The van der Waals surface area contributed by atoms with Crippen LogP contribution in [0.3, 0.4) is 0 Å². The molecule has 0 bridgehead atoms. The second kappa shape index (κ2) is 6.52. The largest absolute Gasteiger partial charge is 0.360 e. The lowest BCUT2D eigenvalue weighted by Gasteiger charge is -2.03. The molecular formula is C16H17ClN2O2S. The van der Waals surface area contributed by atoms with Crippen LogP contribution in [-0.4, -0.2) is 19.9 Å². The summed E-state index contributed by atoms with van der Waals surface area (Å²) < 4.78 is 25.4. The third kappa shape index (κ3) is 2.88. The fourth-order valence-electron chi connectivity index (χ4n) is 2.42. The van der Waals surface area contributed by atoms with Gasteiger partial charge in [-0.15, -0.1) is 12.4 Å². The molecule has 1 aromatic heterocycles. The first-order valence-corrected chi connectivity index (χ1v) is 8.21. The Hall–Kier alpha value is -1.82. The van der Waals surface area contributed by atoms with Crippen LogP contribution < -0.4 is 5.73 Å². The number of aromatic amines is 1. The molecule has 116 valence electrons. The smallest absolute Gasteiger partial charge is 0.208 e. The van der Waals surface area contributed by atoms with Gasteiger partial charge in [-0.1, -0.05) is 30.3 Å². The molecule has 0 saturated carbocycles. The van der Waals surface area contributed by atoms with Gasteiger partial charge in [0.1, 0.15) is 0 Å². The average molecular weight is 337 g/mol. The van der Waals surface area contributed by atoms with Gasteiger partial charge in [0.2, 0.25) is 9.84 Å². The highest BCUT2D eigenvalue weighted by Gasteiger charge is 2.21. The standard InChI is InChI=1S/C16H16N2O2S.ClH/c17-9-8-12-6-7-14-15(10-12)18-11-16(14)21(19,20)13-4-2-1-3-5-13;/h1-7,10-11,18H,8-9,17H2;1H. The summed E-state index contributed by atoms with van der Waals surface area (Å²) in [5, 5.41) is 0.708. The van der Waals surface area contributed by atoms with E-state index < -0.39 is 9.84 Å². The number of rotatable bonds is 4. The molecule has 0 aliphatic heterocycles. The van der Waals surface area contributed by atoms with E-state index >= 15 is 0 Å². The minimum Gasteiger partial charge on any atom is -0.360 e. The Balaban J connectivity index is 0.00000176. The van der Waals surface area contributed by atoms with Crippen molar-refractivity contribution < 1.29 is 8.42 Å². The number of sulfone groups is 1. The maximum Gasteiger partial charge on any atom is 0.208 e. The van der Waals surface area contributed by atoms with Crippen molar-refractivity contribution in [2.75, 3.05) is 6.54 Å². The van der Waals surface area contributed by atoms with Crippen LogP contribution in [0.1, 0.15) is 5.56 Å². The number of hydrogen-bond acceptors (Lipinski definition) is 3. The van der Waals surface area contributed by atoms with E-state index in [2.05, 4.69) is 4.98 Å². The molecule has 22 heavy (non-hydrogen) atoms. The molecule has 0 unspecified atom stereocenters. The van der Waals surface area contributed by atoms with Crippen molar-refractivity contribution in [2.45, 2.75) is 16.2 Å². The molecule has 3 N–H and O–H groups in total. The van der Waals surface area contributed by atoms with Gasteiger partial charge in [-0.25, -0.2) is 8.42 Å². The summed E-state index contributed by atoms with van der Waals surface area (Å²) >= 11 is 0. The van der Waals surface area contributed by atoms with Crippen LogP contribution in [0.4, 0.5) is 0 Å². The van der Waals surface area contributed by atoms with Gasteiger partial charge in [-0.3, -0.25) is 0 Å². The number of halogens is 1. The number of fused-ring (bicyclic) bond motifs is 1. The summed E-state index contributed by atoms with van der Waals surface area (Å²) in [5.74, 6) is 0. The summed E-state index contributed by atoms with van der Waals surface area (Å²) in [5.41, 5.74) is 7.46. The Kier molecular flexibility index (Phi) is 4.90.